The van der Waals surface area contributed by atoms with Gasteiger partial charge in [-0.25, -0.2) is 4.79 Å². The summed E-state index contributed by atoms with van der Waals surface area (Å²) in [6.07, 6.45) is 5.38. The van der Waals surface area contributed by atoms with Gasteiger partial charge in [-0.15, -0.1) is 0 Å². The third-order valence-electron chi connectivity index (χ3n) is 4.87. The van der Waals surface area contributed by atoms with E-state index in [2.05, 4.69) is 10.2 Å². The fourth-order valence-electron chi connectivity index (χ4n) is 3.43. The standard InChI is InChI=1S/C17H24ClN3O/c1-13-6-7-14(12-16(13)18)19-17(22)21-10-8-20(9-11-21)15-4-2-3-5-15/h6-7,12,15H,2-5,8-11H2,1H3,(H,19,22). The van der Waals surface area contributed by atoms with Gasteiger partial charge in [0, 0.05) is 42.9 Å². The molecule has 0 unspecified atom stereocenters. The largest absolute Gasteiger partial charge is 0.322 e. The van der Waals surface area contributed by atoms with Crippen molar-refractivity contribution in [2.75, 3.05) is 31.5 Å². The molecule has 1 N–H and O–H groups in total. The molecule has 1 aromatic rings. The minimum Gasteiger partial charge on any atom is -0.322 e. The Bertz CT molecular complexity index is 535. The SMILES string of the molecule is Cc1ccc(NC(=O)N2CCN(C3CCCC3)CC2)cc1Cl. The number of carbonyl (C=O) groups is 1. The zero-order valence-corrected chi connectivity index (χ0v) is 13.9. The van der Waals surface area contributed by atoms with Crippen LogP contribution in [0.4, 0.5) is 10.5 Å². The predicted octanol–water partition coefficient (Wildman–Crippen LogP) is 3.74. The van der Waals surface area contributed by atoms with Crippen molar-refractivity contribution in [1.82, 2.24) is 9.80 Å². The van der Waals surface area contributed by atoms with Gasteiger partial charge in [0.05, 0.1) is 0 Å². The smallest absolute Gasteiger partial charge is 0.321 e. The lowest BCUT2D eigenvalue weighted by Gasteiger charge is -2.38. The summed E-state index contributed by atoms with van der Waals surface area (Å²) < 4.78 is 0. The van der Waals surface area contributed by atoms with Crippen LogP contribution in [0.5, 0.6) is 0 Å². The van der Waals surface area contributed by atoms with Gasteiger partial charge in [0.1, 0.15) is 0 Å². The molecule has 22 heavy (non-hydrogen) atoms. The number of urea groups is 1. The number of hydrogen-bond donors (Lipinski definition) is 1. The molecule has 4 nitrogen and oxygen atoms in total. The first-order valence-electron chi connectivity index (χ1n) is 8.19. The summed E-state index contributed by atoms with van der Waals surface area (Å²) in [5.74, 6) is 0. The van der Waals surface area contributed by atoms with E-state index < -0.39 is 0 Å². The van der Waals surface area contributed by atoms with Crippen molar-refractivity contribution in [3.05, 3.63) is 28.8 Å². The van der Waals surface area contributed by atoms with E-state index in [1.807, 2.05) is 30.0 Å². The molecule has 1 aliphatic carbocycles. The van der Waals surface area contributed by atoms with Crippen LogP contribution in [0.15, 0.2) is 18.2 Å². The molecular formula is C17H24ClN3O. The zero-order chi connectivity index (χ0) is 15.5. The molecular weight excluding hydrogens is 298 g/mol. The topological polar surface area (TPSA) is 35.6 Å². The summed E-state index contributed by atoms with van der Waals surface area (Å²) in [6, 6.07) is 6.36. The number of halogens is 1. The van der Waals surface area contributed by atoms with Crippen LogP contribution in [0.1, 0.15) is 31.2 Å². The fourth-order valence-corrected chi connectivity index (χ4v) is 3.61. The molecule has 120 valence electrons. The Labute approximate surface area is 137 Å². The predicted molar refractivity (Wildman–Crippen MR) is 90.6 cm³/mol. The highest BCUT2D eigenvalue weighted by Gasteiger charge is 2.27. The normalized spacial score (nSPS) is 20.4. The van der Waals surface area contributed by atoms with E-state index >= 15 is 0 Å². The third kappa shape index (κ3) is 3.55. The number of nitrogens with zero attached hydrogens (tertiary/aromatic N) is 2. The molecule has 2 amide bonds. The quantitative estimate of drug-likeness (QED) is 0.900. The summed E-state index contributed by atoms with van der Waals surface area (Å²) in [7, 11) is 0. The van der Waals surface area contributed by atoms with Crippen molar-refractivity contribution in [1.29, 1.82) is 0 Å². The van der Waals surface area contributed by atoms with E-state index in [-0.39, 0.29) is 6.03 Å². The first-order valence-corrected chi connectivity index (χ1v) is 8.57. The van der Waals surface area contributed by atoms with Crippen LogP contribution < -0.4 is 5.32 Å². The molecule has 1 heterocycles. The molecule has 1 aliphatic heterocycles. The number of rotatable bonds is 2. The Morgan fingerprint density at radius 1 is 1.18 bits per heavy atom. The van der Waals surface area contributed by atoms with Gasteiger partial charge in [0.2, 0.25) is 0 Å². The van der Waals surface area contributed by atoms with E-state index in [4.69, 9.17) is 11.6 Å². The summed E-state index contributed by atoms with van der Waals surface area (Å²) >= 11 is 6.10. The zero-order valence-electron chi connectivity index (χ0n) is 13.1. The Balaban J connectivity index is 1.52. The van der Waals surface area contributed by atoms with Gasteiger partial charge < -0.3 is 10.2 Å². The Morgan fingerprint density at radius 3 is 2.50 bits per heavy atom. The average Bonchev–Trinajstić information content (AvgIpc) is 3.05. The first-order chi connectivity index (χ1) is 10.6. The third-order valence-corrected chi connectivity index (χ3v) is 5.27. The second kappa shape index (κ2) is 6.88. The van der Waals surface area contributed by atoms with Gasteiger partial charge >= 0.3 is 6.03 Å². The molecule has 2 fully saturated rings. The maximum Gasteiger partial charge on any atom is 0.321 e. The van der Waals surface area contributed by atoms with Gasteiger partial charge in [-0.1, -0.05) is 30.5 Å². The van der Waals surface area contributed by atoms with E-state index in [0.29, 0.717) is 5.02 Å². The summed E-state index contributed by atoms with van der Waals surface area (Å²) in [5.41, 5.74) is 1.78. The molecule has 0 bridgehead atoms. The van der Waals surface area contributed by atoms with Crippen LogP contribution in [-0.2, 0) is 0 Å². The molecule has 0 radical (unpaired) electrons. The van der Waals surface area contributed by atoms with Gasteiger partial charge in [-0.2, -0.15) is 0 Å². The highest BCUT2D eigenvalue weighted by atomic mass is 35.5. The number of piperazine rings is 1. The lowest BCUT2D eigenvalue weighted by atomic mass is 10.2. The number of hydrogen-bond acceptors (Lipinski definition) is 2. The first kappa shape index (κ1) is 15.6. The second-order valence-electron chi connectivity index (χ2n) is 6.36. The maximum atomic E-state index is 12.3. The van der Waals surface area contributed by atoms with Gasteiger partial charge in [0.25, 0.3) is 0 Å². The average molecular weight is 322 g/mol. The van der Waals surface area contributed by atoms with Gasteiger partial charge in [-0.3, -0.25) is 4.90 Å². The number of benzene rings is 1. The van der Waals surface area contributed by atoms with Crippen molar-refractivity contribution < 1.29 is 4.79 Å². The number of anilines is 1. The van der Waals surface area contributed by atoms with Gasteiger partial charge in [-0.05, 0) is 37.5 Å². The molecule has 0 atom stereocenters. The van der Waals surface area contributed by atoms with Crippen molar-refractivity contribution in [2.24, 2.45) is 0 Å². The Kier molecular flexibility index (Phi) is 4.89. The second-order valence-corrected chi connectivity index (χ2v) is 6.76. The lowest BCUT2D eigenvalue weighted by Crippen LogP contribution is -2.52. The van der Waals surface area contributed by atoms with Crippen LogP contribution in [0, 0.1) is 6.92 Å². The number of carbonyl (C=O) groups excluding carboxylic acids is 1. The van der Waals surface area contributed by atoms with E-state index in [1.165, 1.54) is 25.7 Å². The molecule has 0 spiro atoms. The van der Waals surface area contributed by atoms with Gasteiger partial charge in [0.15, 0.2) is 0 Å². The van der Waals surface area contributed by atoms with Crippen LogP contribution >= 0.6 is 11.6 Å². The van der Waals surface area contributed by atoms with E-state index in [0.717, 1.165) is 43.5 Å². The molecule has 3 rings (SSSR count). The van der Waals surface area contributed by atoms with Crippen molar-refractivity contribution >= 4 is 23.3 Å². The van der Waals surface area contributed by atoms with E-state index in [9.17, 15) is 4.79 Å². The minimum absolute atomic E-state index is 0.0222. The van der Waals surface area contributed by atoms with Crippen molar-refractivity contribution in [3.63, 3.8) is 0 Å². The fraction of sp³-hybridized carbons (Fsp3) is 0.588. The minimum atomic E-state index is -0.0222. The molecule has 1 aromatic carbocycles. The van der Waals surface area contributed by atoms with Crippen LogP contribution in [-0.4, -0.2) is 48.1 Å². The van der Waals surface area contributed by atoms with Crippen LogP contribution in [0.25, 0.3) is 0 Å². The molecule has 1 saturated heterocycles. The van der Waals surface area contributed by atoms with Crippen molar-refractivity contribution in [2.45, 2.75) is 38.6 Å². The Hall–Kier alpha value is -1.26. The van der Waals surface area contributed by atoms with Crippen LogP contribution in [0.3, 0.4) is 0 Å². The number of amides is 2. The number of nitrogens with one attached hydrogen (secondary N) is 1. The summed E-state index contributed by atoms with van der Waals surface area (Å²) in [6.45, 7) is 5.56. The van der Waals surface area contributed by atoms with Crippen LogP contribution in [0.2, 0.25) is 5.02 Å². The van der Waals surface area contributed by atoms with E-state index in [1.54, 1.807) is 0 Å². The lowest BCUT2D eigenvalue weighted by molar-refractivity contribution is 0.115. The maximum absolute atomic E-state index is 12.3. The monoisotopic (exact) mass is 321 g/mol. The summed E-state index contributed by atoms with van der Waals surface area (Å²) in [5, 5.41) is 3.63. The molecule has 5 heteroatoms. The molecule has 2 aliphatic rings. The Morgan fingerprint density at radius 2 is 1.86 bits per heavy atom. The molecule has 1 saturated carbocycles. The molecule has 0 aromatic heterocycles. The highest BCUT2D eigenvalue weighted by molar-refractivity contribution is 6.31. The van der Waals surface area contributed by atoms with Crippen molar-refractivity contribution in [3.8, 4) is 0 Å². The highest BCUT2D eigenvalue weighted by Crippen LogP contribution is 2.24. The number of aryl methyl sites for hydroxylation is 1. The summed E-state index contributed by atoms with van der Waals surface area (Å²) in [4.78, 5) is 16.8.